The maximum absolute atomic E-state index is 15.1. The molecule has 0 radical (unpaired) electrons. The van der Waals surface area contributed by atoms with Crippen LogP contribution in [0.15, 0.2) is 97.0 Å². The molecule has 0 bridgehead atoms. The zero-order valence-corrected chi connectivity index (χ0v) is 18.5. The molecular weight excluding hydrogens is 477 g/mol. The van der Waals surface area contributed by atoms with Crippen molar-refractivity contribution in [1.82, 2.24) is 20.3 Å². The van der Waals surface area contributed by atoms with Crippen LogP contribution >= 0.6 is 0 Å². The maximum atomic E-state index is 15.1. The van der Waals surface area contributed by atoms with Crippen LogP contribution in [0.1, 0.15) is 5.56 Å². The predicted octanol–water partition coefficient (Wildman–Crippen LogP) is 6.04. The Morgan fingerprint density at radius 2 is 1.75 bits per heavy atom. The van der Waals surface area contributed by atoms with E-state index in [2.05, 4.69) is 25.6 Å². The summed E-state index contributed by atoms with van der Waals surface area (Å²) in [5, 5.41) is 6.68. The molecule has 1 aromatic carbocycles. The second-order valence-electron chi connectivity index (χ2n) is 8.15. The number of fused-ring (bicyclic) bond motifs is 1. The van der Waals surface area contributed by atoms with Crippen molar-refractivity contribution in [1.29, 1.82) is 0 Å². The van der Waals surface area contributed by atoms with Crippen molar-refractivity contribution in [3.05, 3.63) is 108 Å². The van der Waals surface area contributed by atoms with Crippen LogP contribution in [0.25, 0.3) is 22.0 Å². The fourth-order valence-corrected chi connectivity index (χ4v) is 4.09. The lowest BCUT2D eigenvalue weighted by atomic mass is 9.85. The number of alkyl halides is 3. The Balaban J connectivity index is 1.39. The number of halogens is 5. The number of aromatic nitrogens is 3. The highest BCUT2D eigenvalue weighted by Crippen LogP contribution is 2.46. The fourth-order valence-electron chi connectivity index (χ4n) is 4.09. The van der Waals surface area contributed by atoms with Crippen molar-refractivity contribution >= 4 is 16.6 Å². The van der Waals surface area contributed by atoms with Gasteiger partial charge in [0.25, 0.3) is 0 Å². The van der Waals surface area contributed by atoms with Crippen molar-refractivity contribution in [2.24, 2.45) is 0 Å². The third kappa shape index (κ3) is 4.15. The SMILES string of the molecule is FC1=CC(CNc2nccc3cc(-c4cccc(F)c4)ncc23)=CNC1(c1ccncc1)C(F)(F)F. The lowest BCUT2D eigenvalue weighted by molar-refractivity contribution is -0.191. The minimum absolute atomic E-state index is 0.00244. The number of hydrogen-bond acceptors (Lipinski definition) is 5. The van der Waals surface area contributed by atoms with E-state index in [-0.39, 0.29) is 23.5 Å². The monoisotopic (exact) mass is 495 g/mol. The van der Waals surface area contributed by atoms with Crippen molar-refractivity contribution < 1.29 is 22.0 Å². The first-order chi connectivity index (χ1) is 17.3. The van der Waals surface area contributed by atoms with Gasteiger partial charge in [-0.2, -0.15) is 13.2 Å². The molecule has 2 N–H and O–H groups in total. The molecule has 0 spiro atoms. The first kappa shape index (κ1) is 23.4. The van der Waals surface area contributed by atoms with Gasteiger partial charge in [-0.25, -0.2) is 13.8 Å². The summed E-state index contributed by atoms with van der Waals surface area (Å²) in [7, 11) is 0. The summed E-state index contributed by atoms with van der Waals surface area (Å²) in [4.78, 5) is 12.4. The first-order valence-electron chi connectivity index (χ1n) is 10.8. The summed E-state index contributed by atoms with van der Waals surface area (Å²) in [5.41, 5.74) is -1.86. The molecule has 4 aromatic rings. The van der Waals surface area contributed by atoms with Crippen molar-refractivity contribution in [3.8, 4) is 11.3 Å². The van der Waals surface area contributed by atoms with Gasteiger partial charge in [0.15, 0.2) is 0 Å². The summed E-state index contributed by atoms with van der Waals surface area (Å²) in [5.74, 6) is -1.34. The quantitative estimate of drug-likeness (QED) is 0.331. The lowest BCUT2D eigenvalue weighted by Gasteiger charge is -2.37. The van der Waals surface area contributed by atoms with Gasteiger partial charge in [0.05, 0.1) is 5.69 Å². The van der Waals surface area contributed by atoms with E-state index in [1.807, 2.05) is 0 Å². The number of hydrogen-bond donors (Lipinski definition) is 2. The van der Waals surface area contributed by atoms with Gasteiger partial charge in [0.1, 0.15) is 17.5 Å². The van der Waals surface area contributed by atoms with Crippen LogP contribution in [0.5, 0.6) is 0 Å². The second-order valence-corrected chi connectivity index (χ2v) is 8.15. The number of anilines is 1. The Kier molecular flexibility index (Phi) is 5.87. The van der Waals surface area contributed by atoms with E-state index >= 15 is 4.39 Å². The van der Waals surface area contributed by atoms with Crippen LogP contribution in [0.3, 0.4) is 0 Å². The van der Waals surface area contributed by atoms with E-state index < -0.39 is 17.5 Å². The number of nitrogens with one attached hydrogen (secondary N) is 2. The zero-order chi connectivity index (χ0) is 25.3. The predicted molar refractivity (Wildman–Crippen MR) is 126 cm³/mol. The molecule has 5 rings (SSSR count). The average molecular weight is 495 g/mol. The molecule has 1 unspecified atom stereocenters. The third-order valence-corrected chi connectivity index (χ3v) is 5.91. The highest BCUT2D eigenvalue weighted by molar-refractivity contribution is 5.93. The highest BCUT2D eigenvalue weighted by atomic mass is 19.4. The van der Waals surface area contributed by atoms with Crippen LogP contribution in [-0.4, -0.2) is 27.7 Å². The summed E-state index contributed by atoms with van der Waals surface area (Å²) in [6.07, 6.45) is 2.55. The average Bonchev–Trinajstić information content (AvgIpc) is 2.87. The van der Waals surface area contributed by atoms with Crippen molar-refractivity contribution in [2.75, 3.05) is 11.9 Å². The Labute approximate surface area is 202 Å². The lowest BCUT2D eigenvalue weighted by Crippen LogP contribution is -2.54. The highest BCUT2D eigenvalue weighted by Gasteiger charge is 2.60. The molecule has 182 valence electrons. The Hall–Kier alpha value is -4.34. The summed E-state index contributed by atoms with van der Waals surface area (Å²) in [6.45, 7) is 0.00244. The molecule has 1 aliphatic rings. The number of dihydropyridines is 1. The molecule has 0 saturated heterocycles. The van der Waals surface area contributed by atoms with Gasteiger partial charge in [-0.3, -0.25) is 9.97 Å². The minimum atomic E-state index is -4.94. The summed E-state index contributed by atoms with van der Waals surface area (Å²) in [6, 6.07) is 11.9. The Morgan fingerprint density at radius 1 is 0.944 bits per heavy atom. The van der Waals surface area contributed by atoms with Crippen molar-refractivity contribution in [2.45, 2.75) is 11.7 Å². The Bertz CT molecular complexity index is 1480. The van der Waals surface area contributed by atoms with E-state index in [0.717, 1.165) is 29.8 Å². The molecular formula is C26H18F5N5. The van der Waals surface area contributed by atoms with Gasteiger partial charge < -0.3 is 10.6 Å². The molecule has 0 fully saturated rings. The maximum Gasteiger partial charge on any atom is 0.422 e. The molecule has 5 nitrogen and oxygen atoms in total. The second kappa shape index (κ2) is 9.03. The largest absolute Gasteiger partial charge is 0.422 e. The minimum Gasteiger partial charge on any atom is -0.368 e. The molecule has 36 heavy (non-hydrogen) atoms. The number of pyridine rings is 3. The van der Waals surface area contributed by atoms with Gasteiger partial charge in [-0.1, -0.05) is 12.1 Å². The molecule has 10 heteroatoms. The zero-order valence-electron chi connectivity index (χ0n) is 18.5. The van der Waals surface area contributed by atoms with E-state index in [9.17, 15) is 17.6 Å². The van der Waals surface area contributed by atoms with E-state index in [0.29, 0.717) is 22.5 Å². The molecule has 1 atom stereocenters. The van der Waals surface area contributed by atoms with Crippen LogP contribution < -0.4 is 10.6 Å². The number of benzene rings is 1. The van der Waals surface area contributed by atoms with Crippen LogP contribution in [0.4, 0.5) is 27.8 Å². The molecule has 0 amide bonds. The van der Waals surface area contributed by atoms with Gasteiger partial charge in [0, 0.05) is 48.5 Å². The number of nitrogens with zero attached hydrogens (tertiary/aromatic N) is 3. The standard InChI is InChI=1S/C26H18F5N5/c27-20-3-1-2-18(11-20)22-12-17-4-9-33-24(21(17)15-34-22)35-13-16-10-23(28)25(36-14-16,26(29,30)31)19-5-7-32-8-6-19/h1-12,14-15,36H,13H2,(H,33,35). The van der Waals surface area contributed by atoms with Gasteiger partial charge in [0.2, 0.25) is 5.54 Å². The van der Waals surface area contributed by atoms with Crippen LogP contribution in [0, 0.1) is 5.82 Å². The summed E-state index contributed by atoms with van der Waals surface area (Å²) >= 11 is 0. The van der Waals surface area contributed by atoms with Gasteiger partial charge in [-0.05, 0) is 59.0 Å². The smallest absolute Gasteiger partial charge is 0.368 e. The normalized spacial score (nSPS) is 17.8. The van der Waals surface area contributed by atoms with Crippen molar-refractivity contribution in [3.63, 3.8) is 0 Å². The number of rotatable bonds is 5. The fraction of sp³-hybridized carbons (Fsp3) is 0.115. The molecule has 4 heterocycles. The van der Waals surface area contributed by atoms with E-state index in [1.54, 1.807) is 36.7 Å². The molecule has 3 aromatic heterocycles. The van der Waals surface area contributed by atoms with E-state index in [1.165, 1.54) is 24.5 Å². The first-order valence-corrected chi connectivity index (χ1v) is 10.8. The van der Waals surface area contributed by atoms with Crippen LogP contribution in [0.2, 0.25) is 0 Å². The van der Waals surface area contributed by atoms with Gasteiger partial charge >= 0.3 is 6.18 Å². The molecule has 0 aliphatic carbocycles. The van der Waals surface area contributed by atoms with Gasteiger partial charge in [-0.15, -0.1) is 0 Å². The topological polar surface area (TPSA) is 62.7 Å². The molecule has 1 aliphatic heterocycles. The van der Waals surface area contributed by atoms with E-state index in [4.69, 9.17) is 0 Å². The summed E-state index contributed by atoms with van der Waals surface area (Å²) < 4.78 is 70.7. The van der Waals surface area contributed by atoms with Crippen LogP contribution in [-0.2, 0) is 5.54 Å². The molecule has 0 saturated carbocycles. The Morgan fingerprint density at radius 3 is 2.47 bits per heavy atom. The third-order valence-electron chi connectivity index (χ3n) is 5.91.